The van der Waals surface area contributed by atoms with Crippen LogP contribution in [0, 0.1) is 0 Å². The average Bonchev–Trinajstić information content (AvgIpc) is 2.47. The van der Waals surface area contributed by atoms with E-state index < -0.39 is 50.1 Å². The highest BCUT2D eigenvalue weighted by Crippen LogP contribution is 1.95. The van der Waals surface area contributed by atoms with Crippen LogP contribution in [-0.2, 0) is 24.0 Å². The maximum absolute atomic E-state index is 10.8. The van der Waals surface area contributed by atoms with E-state index in [-0.39, 0.29) is 32.7 Å². The van der Waals surface area contributed by atoms with Gasteiger partial charge in [-0.3, -0.25) is 24.3 Å². The number of carboxylic acids is 4. The average molecular weight is 375 g/mol. The second-order valence-corrected chi connectivity index (χ2v) is 5.42. The molecule has 12 heteroatoms. The Kier molecular flexibility index (Phi) is 11.5. The zero-order chi connectivity index (χ0) is 20.1. The number of carbonyl (C=O) groups excluding carboxylic acids is 3. The quantitative estimate of drug-likeness (QED) is 0.245. The Bertz CT molecular complexity index is 440. The predicted octanol–water partition coefficient (Wildman–Crippen LogP) is -5.24. The number of hydrogen-bond acceptors (Lipinski definition) is 10. The standard InChI is InChI=1S/C14H23N3O9/c18-6-5-15(1-3-16(7-11(19)20)8-12(21)22)2-4-17(9-13(23)24)10-14(25)26/h6H,1-5,7-10H2,(H,19,20)(H,21,22)(H,23,24)(H,25,26)/p-2. The number of aldehydes is 1. The highest BCUT2D eigenvalue weighted by molar-refractivity contribution is 5.72. The van der Waals surface area contributed by atoms with Gasteiger partial charge in [0.1, 0.15) is 6.29 Å². The largest absolute Gasteiger partial charge is 0.549 e. The second kappa shape index (κ2) is 12.7. The van der Waals surface area contributed by atoms with Gasteiger partial charge in [-0.15, -0.1) is 0 Å². The maximum Gasteiger partial charge on any atom is 0.317 e. The molecule has 0 aromatic rings. The topological polar surface area (TPSA) is 182 Å². The number of carbonyl (C=O) groups is 5. The summed E-state index contributed by atoms with van der Waals surface area (Å²) < 4.78 is 0. The van der Waals surface area contributed by atoms with Crippen molar-refractivity contribution in [3.8, 4) is 0 Å². The van der Waals surface area contributed by atoms with E-state index in [2.05, 4.69) is 0 Å². The highest BCUT2D eigenvalue weighted by atomic mass is 16.4. The smallest absolute Gasteiger partial charge is 0.317 e. The lowest BCUT2D eigenvalue weighted by molar-refractivity contribution is -0.310. The van der Waals surface area contributed by atoms with Crippen LogP contribution in [0.1, 0.15) is 0 Å². The number of rotatable bonds is 16. The molecule has 0 bridgehead atoms. The van der Waals surface area contributed by atoms with Crippen molar-refractivity contribution in [3.63, 3.8) is 0 Å². The third kappa shape index (κ3) is 12.8. The van der Waals surface area contributed by atoms with Gasteiger partial charge in [-0.2, -0.15) is 0 Å². The summed E-state index contributed by atoms with van der Waals surface area (Å²) in [5, 5.41) is 38.8. The molecule has 0 aromatic carbocycles. The third-order valence-corrected chi connectivity index (χ3v) is 3.22. The zero-order valence-electron chi connectivity index (χ0n) is 14.0. The molecule has 0 heterocycles. The van der Waals surface area contributed by atoms with Crippen molar-refractivity contribution in [1.82, 2.24) is 14.7 Å². The molecular weight excluding hydrogens is 354 g/mol. The first-order valence-corrected chi connectivity index (χ1v) is 7.58. The molecule has 0 atom stereocenters. The van der Waals surface area contributed by atoms with Gasteiger partial charge in [-0.25, -0.2) is 0 Å². The molecule has 0 fully saturated rings. The molecule has 0 aliphatic heterocycles. The molecule has 0 aliphatic rings. The van der Waals surface area contributed by atoms with Gasteiger partial charge in [0.15, 0.2) is 0 Å². The normalized spacial score (nSPS) is 11.0. The van der Waals surface area contributed by atoms with Crippen molar-refractivity contribution in [2.24, 2.45) is 0 Å². The molecule has 0 saturated carbocycles. The van der Waals surface area contributed by atoms with Crippen molar-refractivity contribution in [3.05, 3.63) is 0 Å². The molecular formula is C14H21N3O9-2. The summed E-state index contributed by atoms with van der Waals surface area (Å²) in [6.07, 6.45) is 0.570. The summed E-state index contributed by atoms with van der Waals surface area (Å²) >= 11 is 0. The van der Waals surface area contributed by atoms with Gasteiger partial charge < -0.3 is 34.8 Å². The molecule has 0 amide bonds. The van der Waals surface area contributed by atoms with Crippen molar-refractivity contribution < 1.29 is 44.4 Å². The minimum Gasteiger partial charge on any atom is -0.549 e. The van der Waals surface area contributed by atoms with Crippen LogP contribution in [0.5, 0.6) is 0 Å². The van der Waals surface area contributed by atoms with Crippen LogP contribution in [0.3, 0.4) is 0 Å². The third-order valence-electron chi connectivity index (χ3n) is 3.22. The molecule has 0 aliphatic carbocycles. The van der Waals surface area contributed by atoms with Crippen LogP contribution in [0.25, 0.3) is 0 Å². The van der Waals surface area contributed by atoms with Gasteiger partial charge >= 0.3 is 11.9 Å². The monoisotopic (exact) mass is 375 g/mol. The first-order valence-electron chi connectivity index (χ1n) is 7.58. The summed E-state index contributed by atoms with van der Waals surface area (Å²) in [5.74, 6) is -5.35. The molecule has 0 saturated heterocycles. The fourth-order valence-electron chi connectivity index (χ4n) is 2.14. The zero-order valence-corrected chi connectivity index (χ0v) is 14.0. The number of aliphatic carboxylic acids is 4. The first-order chi connectivity index (χ1) is 12.1. The van der Waals surface area contributed by atoms with Crippen LogP contribution >= 0.6 is 0 Å². The Morgan fingerprint density at radius 1 is 0.692 bits per heavy atom. The Balaban J connectivity index is 4.69. The van der Waals surface area contributed by atoms with Gasteiger partial charge in [0.25, 0.3) is 0 Å². The molecule has 0 spiro atoms. The lowest BCUT2D eigenvalue weighted by atomic mass is 10.3. The Hall–Kier alpha value is -2.57. The van der Waals surface area contributed by atoms with Gasteiger partial charge in [0, 0.05) is 39.3 Å². The molecule has 0 unspecified atom stereocenters. The van der Waals surface area contributed by atoms with Gasteiger partial charge in [0.05, 0.1) is 31.6 Å². The van der Waals surface area contributed by atoms with Crippen LogP contribution in [0.15, 0.2) is 0 Å². The van der Waals surface area contributed by atoms with Crippen LogP contribution in [0.4, 0.5) is 0 Å². The van der Waals surface area contributed by atoms with E-state index in [1.807, 2.05) is 0 Å². The van der Waals surface area contributed by atoms with Gasteiger partial charge in [-0.1, -0.05) is 0 Å². The number of carboxylic acid groups (broad SMARTS) is 4. The summed E-state index contributed by atoms with van der Waals surface area (Å²) in [6.45, 7) is -2.08. The van der Waals surface area contributed by atoms with Crippen molar-refractivity contribution >= 4 is 30.2 Å². The summed E-state index contributed by atoms with van der Waals surface area (Å²) in [7, 11) is 0. The Morgan fingerprint density at radius 3 is 1.35 bits per heavy atom. The van der Waals surface area contributed by atoms with E-state index in [4.69, 9.17) is 10.2 Å². The first kappa shape index (κ1) is 23.4. The molecule has 0 aromatic heterocycles. The van der Waals surface area contributed by atoms with Crippen molar-refractivity contribution in [1.29, 1.82) is 0 Å². The number of nitrogens with zero attached hydrogens (tertiary/aromatic N) is 3. The van der Waals surface area contributed by atoms with Crippen LogP contribution in [-0.4, -0.2) is 114 Å². The summed E-state index contributed by atoms with van der Waals surface area (Å²) in [6, 6.07) is 0. The van der Waals surface area contributed by atoms with Crippen LogP contribution < -0.4 is 10.2 Å². The molecule has 148 valence electrons. The maximum atomic E-state index is 10.8. The van der Waals surface area contributed by atoms with E-state index in [9.17, 15) is 34.2 Å². The minimum absolute atomic E-state index is 0.0202. The summed E-state index contributed by atoms with van der Waals surface area (Å²) in [4.78, 5) is 57.2. The fraction of sp³-hybridized carbons (Fsp3) is 0.643. The SMILES string of the molecule is O=CCN(CCN(CC(=O)[O-])CC(=O)[O-])CCN(CC(=O)O)CC(=O)O. The molecule has 0 radical (unpaired) electrons. The van der Waals surface area contributed by atoms with E-state index >= 15 is 0 Å². The molecule has 12 nitrogen and oxygen atoms in total. The van der Waals surface area contributed by atoms with Crippen molar-refractivity contribution in [2.45, 2.75) is 0 Å². The lowest BCUT2D eigenvalue weighted by Crippen LogP contribution is -2.48. The van der Waals surface area contributed by atoms with Crippen molar-refractivity contribution in [2.75, 3.05) is 58.9 Å². The predicted molar refractivity (Wildman–Crippen MR) is 80.7 cm³/mol. The fourth-order valence-corrected chi connectivity index (χ4v) is 2.14. The molecule has 0 rings (SSSR count). The van der Waals surface area contributed by atoms with E-state index in [0.29, 0.717) is 6.29 Å². The van der Waals surface area contributed by atoms with Gasteiger partial charge in [-0.05, 0) is 0 Å². The molecule has 26 heavy (non-hydrogen) atoms. The minimum atomic E-state index is -1.47. The van der Waals surface area contributed by atoms with Gasteiger partial charge in [0.2, 0.25) is 0 Å². The Labute approximate surface area is 149 Å². The number of hydrogen-bond donors (Lipinski definition) is 2. The van der Waals surface area contributed by atoms with E-state index in [0.717, 1.165) is 9.80 Å². The molecule has 2 N–H and O–H groups in total. The second-order valence-electron chi connectivity index (χ2n) is 5.42. The lowest BCUT2D eigenvalue weighted by Gasteiger charge is -2.28. The van der Waals surface area contributed by atoms with Crippen LogP contribution in [0.2, 0.25) is 0 Å². The summed E-state index contributed by atoms with van der Waals surface area (Å²) in [5.41, 5.74) is 0. The highest BCUT2D eigenvalue weighted by Gasteiger charge is 2.16. The van der Waals surface area contributed by atoms with E-state index in [1.54, 1.807) is 0 Å². The Morgan fingerprint density at radius 2 is 1.04 bits per heavy atom. The van der Waals surface area contributed by atoms with E-state index in [1.165, 1.54) is 4.90 Å².